The van der Waals surface area contributed by atoms with Crippen LogP contribution in [0.3, 0.4) is 0 Å². The van der Waals surface area contributed by atoms with Crippen molar-refractivity contribution < 1.29 is 37.5 Å². The Labute approximate surface area is 656 Å². The predicted octanol–water partition coefficient (Wildman–Crippen LogP) is 23.9. The Morgan fingerprint density at radius 3 is 1.44 bits per heavy atom. The van der Waals surface area contributed by atoms with E-state index in [1.165, 1.54) is 43.7 Å². The van der Waals surface area contributed by atoms with Crippen molar-refractivity contribution >= 4 is 133 Å². The van der Waals surface area contributed by atoms with Crippen LogP contribution >= 0.6 is 34.8 Å². The zero-order valence-corrected chi connectivity index (χ0v) is 65.4. The Morgan fingerprint density at radius 1 is 0.383 bits per heavy atom. The van der Waals surface area contributed by atoms with Crippen LogP contribution in [-0.4, -0.2) is 48.4 Å². The van der Waals surface area contributed by atoms with Crippen LogP contribution in [0.15, 0.2) is 326 Å². The molecule has 20 aromatic rings. The largest absolute Gasteiger partial charge is 2.00 e. The molecule has 0 amide bonds. The molecule has 0 saturated heterocycles. The molecule has 0 aliphatic rings. The molecule has 0 unspecified atom stereocenters. The molecule has 0 spiro atoms. The number of halogens is 3. The molecular weight excluding hydrogens is 1790 g/mol. The summed E-state index contributed by atoms with van der Waals surface area (Å²) in [5.41, 5.74) is 23.1. The third kappa shape index (κ3) is 14.1. The first-order valence-electron chi connectivity index (χ1n) is 34.3. The van der Waals surface area contributed by atoms with Crippen molar-refractivity contribution in [2.75, 3.05) is 0 Å². The standard InChI is InChI=1S/C35H24N4.C35H22N4.C14H11BrN2.C7H5N.2ClH.2Pt/c2*1-23-28-13-2-4-16-32(28)37-39(23)27-12-7-11-26(22-27)38-33-17-5-3-14-30(33)31-19-18-25(21-34(31)38)29-15-6-9-24-10-8-20-36-35(24)29;1-10-13-7-2-3-8-14(13)16-17(10)12-6-4-5-11(15)9-12;8-6-7-4-2-1-3-5-7;;;;/h2-22H,1H3;2-20H,1H3;2-9H,1H3;1-5H;2*1H;;/q;-2;;;;;2*+2/p-2. The minimum absolute atomic E-state index is 0. The van der Waals surface area contributed by atoms with E-state index in [1.54, 1.807) is 12.1 Å². The first-order valence-corrected chi connectivity index (χ1v) is 40.7. The average molecular weight is 1850 g/mol. The number of fused-ring (bicyclic) bond motifs is 11. The molecule has 0 aliphatic heterocycles. The van der Waals surface area contributed by atoms with E-state index < -0.39 is 16.5 Å². The van der Waals surface area contributed by atoms with Gasteiger partial charge in [-0.05, 0) is 145 Å². The summed E-state index contributed by atoms with van der Waals surface area (Å²) in [4.78, 5) is 9.41. The molecular formula is C91H62BrCl2N11Pt2. The molecule has 0 bridgehead atoms. The number of aromatic nitrogens is 10. The first-order chi connectivity index (χ1) is 52.1. The second-order valence-corrected chi connectivity index (χ2v) is 29.5. The van der Waals surface area contributed by atoms with Gasteiger partial charge in [0, 0.05) is 88.5 Å². The average Bonchev–Trinajstić information content (AvgIpc) is 1.59. The molecule has 13 aromatic carbocycles. The summed E-state index contributed by atoms with van der Waals surface area (Å²) in [6, 6.07) is 116. The molecule has 11 nitrogen and oxygen atoms in total. The van der Waals surface area contributed by atoms with Crippen molar-refractivity contribution in [3.05, 3.63) is 361 Å². The maximum Gasteiger partial charge on any atom is 2.00 e. The normalized spacial score (nSPS) is 11.1. The zero-order valence-electron chi connectivity index (χ0n) is 57.8. The summed E-state index contributed by atoms with van der Waals surface area (Å²) in [5, 5.41) is 33.3. The Balaban J connectivity index is 0.000000126. The van der Waals surface area contributed by atoms with E-state index in [4.69, 9.17) is 39.3 Å². The van der Waals surface area contributed by atoms with Crippen LogP contribution in [0.2, 0.25) is 0 Å². The van der Waals surface area contributed by atoms with Gasteiger partial charge in [-0.2, -0.15) is 26.6 Å². The summed E-state index contributed by atoms with van der Waals surface area (Å²) in [5.74, 6) is 0. The van der Waals surface area contributed by atoms with Gasteiger partial charge in [0.25, 0.3) is 0 Å². The minimum atomic E-state index is -0.472. The van der Waals surface area contributed by atoms with Crippen molar-refractivity contribution in [2.24, 2.45) is 0 Å². The number of benzene rings is 13. The van der Waals surface area contributed by atoms with Gasteiger partial charge >= 0.3 is 56.4 Å². The molecule has 107 heavy (non-hydrogen) atoms. The van der Waals surface area contributed by atoms with Gasteiger partial charge in [-0.25, -0.2) is 9.36 Å². The smallest absolute Gasteiger partial charge is 2.00 e. The van der Waals surface area contributed by atoms with Crippen molar-refractivity contribution in [1.82, 2.24) is 48.4 Å². The second-order valence-electron chi connectivity index (χ2n) is 25.3. The summed E-state index contributed by atoms with van der Waals surface area (Å²) in [6.07, 6.45) is 3.72. The summed E-state index contributed by atoms with van der Waals surface area (Å²) >= 11 is 3.01. The molecule has 16 heteroatoms. The third-order valence-electron chi connectivity index (χ3n) is 19.1. The number of hydrogen-bond donors (Lipinski definition) is 0. The SMILES string of the molecule is Cc1c2ccccc2nn1-c1[c-]c(-n2c3[c-]c(-c4cccc5cccnc45)ccc3c3ccccc32)ccc1.Cc1c2ccccc2nn1-c1cccc(-n2c3ccccc3c3ccc(-c4cccc5cccnc45)cc32)c1.Cc1c2ccccc2nn1-c1cccc(Br)c1.N#Cc1ccccc1.[Cl][Pt][Cl].[Pt+2]. The molecule has 0 fully saturated rings. The van der Waals surface area contributed by atoms with E-state index in [9.17, 15) is 0 Å². The number of para-hydroxylation sites is 4. The fraction of sp³-hybridized carbons (Fsp3) is 0.0330. The maximum atomic E-state index is 8.29. The maximum absolute atomic E-state index is 8.29. The Morgan fingerprint density at radius 2 is 0.841 bits per heavy atom. The van der Waals surface area contributed by atoms with Crippen LogP contribution in [0.1, 0.15) is 22.6 Å². The molecule has 7 heterocycles. The number of aryl methyl sites for hydroxylation is 3. The van der Waals surface area contributed by atoms with Crippen LogP contribution in [0.4, 0.5) is 0 Å². The van der Waals surface area contributed by atoms with Crippen LogP contribution in [-0.2, 0) is 37.5 Å². The molecule has 0 saturated carbocycles. The Hall–Kier alpha value is -11.4. The second kappa shape index (κ2) is 31.7. The van der Waals surface area contributed by atoms with Crippen molar-refractivity contribution in [1.29, 1.82) is 5.26 Å². The van der Waals surface area contributed by atoms with Gasteiger partial charge in [-0.1, -0.05) is 215 Å². The van der Waals surface area contributed by atoms with Gasteiger partial charge in [0.2, 0.25) is 0 Å². The van der Waals surface area contributed by atoms with Crippen molar-refractivity contribution in [2.45, 2.75) is 20.8 Å². The van der Waals surface area contributed by atoms with Gasteiger partial charge in [0.1, 0.15) is 0 Å². The van der Waals surface area contributed by atoms with Crippen LogP contribution < -0.4 is 0 Å². The Bertz CT molecular complexity index is 6380. The molecule has 0 atom stereocenters. The number of hydrogen-bond acceptors (Lipinski definition) is 6. The number of nitrogens with zero attached hydrogens (tertiary/aromatic N) is 11. The molecule has 0 aliphatic carbocycles. The van der Waals surface area contributed by atoms with Crippen LogP contribution in [0.25, 0.3) is 149 Å². The fourth-order valence-corrected chi connectivity index (χ4v) is 14.6. The van der Waals surface area contributed by atoms with E-state index in [0.717, 1.165) is 127 Å². The quantitative estimate of drug-likeness (QED) is 0.147. The summed E-state index contributed by atoms with van der Waals surface area (Å²) in [6.45, 7) is 6.33. The zero-order chi connectivity index (χ0) is 72.2. The van der Waals surface area contributed by atoms with E-state index in [0.29, 0.717) is 5.56 Å². The monoisotopic (exact) mass is 1850 g/mol. The fourth-order valence-electron chi connectivity index (χ4n) is 14.2. The minimum Gasteiger partial charge on any atom is 2.00 e. The summed E-state index contributed by atoms with van der Waals surface area (Å²) < 4.78 is 11.7. The Kier molecular flexibility index (Phi) is 21.1. The number of pyridine rings is 2. The van der Waals surface area contributed by atoms with Gasteiger partial charge in [0.15, 0.2) is 0 Å². The van der Waals surface area contributed by atoms with Gasteiger partial charge in [-0.15, -0.1) is 42.0 Å². The van der Waals surface area contributed by atoms with E-state index in [-0.39, 0.29) is 21.1 Å². The van der Waals surface area contributed by atoms with Crippen molar-refractivity contribution in [3.8, 4) is 56.8 Å². The van der Waals surface area contributed by atoms with Crippen LogP contribution in [0, 0.1) is 44.2 Å². The number of rotatable bonds is 7. The first kappa shape index (κ1) is 71.2. The van der Waals surface area contributed by atoms with E-state index in [2.05, 4.69) is 291 Å². The van der Waals surface area contributed by atoms with Gasteiger partial charge in [-0.3, -0.25) is 14.6 Å². The molecule has 0 N–H and O–H groups in total. The van der Waals surface area contributed by atoms with E-state index >= 15 is 0 Å². The third-order valence-corrected chi connectivity index (χ3v) is 19.6. The topological polar surface area (TPSA) is 113 Å². The molecule has 0 radical (unpaired) electrons. The molecule has 20 rings (SSSR count). The molecule has 7 aromatic heterocycles. The van der Waals surface area contributed by atoms with Gasteiger partial charge < -0.3 is 9.13 Å². The number of nitriles is 1. The van der Waals surface area contributed by atoms with Gasteiger partial charge in [0.05, 0.1) is 56.1 Å². The van der Waals surface area contributed by atoms with Crippen LogP contribution in [0.5, 0.6) is 0 Å². The van der Waals surface area contributed by atoms with Crippen molar-refractivity contribution in [3.63, 3.8) is 0 Å². The van der Waals surface area contributed by atoms with E-state index in [1.807, 2.05) is 107 Å². The predicted molar refractivity (Wildman–Crippen MR) is 436 cm³/mol. The molecule has 522 valence electrons. The summed E-state index contributed by atoms with van der Waals surface area (Å²) in [7, 11) is 9.75.